The molecule has 1 aliphatic rings. The van der Waals surface area contributed by atoms with Gasteiger partial charge >= 0.3 is 5.97 Å². The number of carboxylic acid groups (broad SMARTS) is 1. The van der Waals surface area contributed by atoms with Crippen LogP contribution in [0, 0.1) is 13.8 Å². The van der Waals surface area contributed by atoms with Gasteiger partial charge in [0.25, 0.3) is 11.8 Å². The fourth-order valence-corrected chi connectivity index (χ4v) is 3.59. The van der Waals surface area contributed by atoms with Gasteiger partial charge in [0.15, 0.2) is 0 Å². The first kappa shape index (κ1) is 19.2. The Morgan fingerprint density at radius 1 is 1.07 bits per heavy atom. The molecule has 7 nitrogen and oxygen atoms in total. The van der Waals surface area contributed by atoms with Crippen molar-refractivity contribution in [3.8, 4) is 0 Å². The van der Waals surface area contributed by atoms with Crippen molar-refractivity contribution < 1.29 is 19.5 Å². The van der Waals surface area contributed by atoms with Crippen molar-refractivity contribution in [1.29, 1.82) is 0 Å². The molecule has 4 N–H and O–H groups in total. The molecule has 0 radical (unpaired) electrons. The highest BCUT2D eigenvalue weighted by Crippen LogP contribution is 2.35. The minimum atomic E-state index is -1.01. The molecule has 0 fully saturated rings. The van der Waals surface area contributed by atoms with Crippen LogP contribution < -0.4 is 10.6 Å². The van der Waals surface area contributed by atoms with Crippen molar-refractivity contribution in [2.75, 3.05) is 10.6 Å². The molecule has 7 heteroatoms. The third-order valence-corrected chi connectivity index (χ3v) is 5.08. The average Bonchev–Trinajstić information content (AvgIpc) is 3.17. The maximum Gasteiger partial charge on any atom is 0.337 e. The molecule has 3 aromatic rings. The van der Waals surface area contributed by atoms with E-state index in [2.05, 4.69) is 15.6 Å². The number of carbonyl (C=O) groups excluding carboxylic acids is 2. The van der Waals surface area contributed by atoms with Gasteiger partial charge in [-0.05, 0) is 49.8 Å². The molecule has 2 amide bonds. The Kier molecular flexibility index (Phi) is 4.71. The fraction of sp³-hybridized carbons (Fsp3) is 0.0870. The number of rotatable bonds is 4. The van der Waals surface area contributed by atoms with Crippen LogP contribution in [0.1, 0.15) is 43.2 Å². The summed E-state index contributed by atoms with van der Waals surface area (Å²) in [6.45, 7) is 3.39. The van der Waals surface area contributed by atoms with Crippen LogP contribution in [-0.4, -0.2) is 27.9 Å². The lowest BCUT2D eigenvalue weighted by molar-refractivity contribution is -0.110. The third kappa shape index (κ3) is 3.37. The van der Waals surface area contributed by atoms with Gasteiger partial charge in [0.2, 0.25) is 0 Å². The van der Waals surface area contributed by atoms with E-state index in [0.29, 0.717) is 45.0 Å². The minimum absolute atomic E-state index is 0.208. The summed E-state index contributed by atoms with van der Waals surface area (Å²) in [5.41, 5.74) is 4.66. The molecule has 30 heavy (non-hydrogen) atoms. The number of hydrogen-bond donors (Lipinski definition) is 4. The van der Waals surface area contributed by atoms with E-state index < -0.39 is 5.97 Å². The van der Waals surface area contributed by atoms with E-state index in [1.165, 1.54) is 0 Å². The quantitative estimate of drug-likeness (QED) is 0.494. The second-order valence-corrected chi connectivity index (χ2v) is 7.06. The number of anilines is 2. The number of hydrogen-bond acceptors (Lipinski definition) is 3. The highest BCUT2D eigenvalue weighted by atomic mass is 16.4. The lowest BCUT2D eigenvalue weighted by Crippen LogP contribution is -2.11. The Hall–Kier alpha value is -4.13. The van der Waals surface area contributed by atoms with Crippen molar-refractivity contribution >= 4 is 40.8 Å². The molecular formula is C23H19N3O4. The summed E-state index contributed by atoms with van der Waals surface area (Å²) in [6.07, 6.45) is 1.65. The number of aryl methyl sites for hydroxylation is 1. The van der Waals surface area contributed by atoms with Crippen LogP contribution in [0.15, 0.2) is 48.5 Å². The molecular weight excluding hydrogens is 382 g/mol. The van der Waals surface area contributed by atoms with Crippen molar-refractivity contribution in [2.45, 2.75) is 13.8 Å². The topological polar surface area (TPSA) is 111 Å². The van der Waals surface area contributed by atoms with Gasteiger partial charge in [0, 0.05) is 28.2 Å². The predicted molar refractivity (Wildman–Crippen MR) is 115 cm³/mol. The highest BCUT2D eigenvalue weighted by molar-refractivity contribution is 6.35. The van der Waals surface area contributed by atoms with Crippen LogP contribution in [0.4, 0.5) is 11.4 Å². The zero-order chi connectivity index (χ0) is 21.4. The summed E-state index contributed by atoms with van der Waals surface area (Å²) in [5, 5.41) is 15.0. The molecule has 0 bridgehead atoms. The number of benzene rings is 2. The van der Waals surface area contributed by atoms with Crippen LogP contribution in [0.3, 0.4) is 0 Å². The lowest BCUT2D eigenvalue weighted by Gasteiger charge is -2.07. The number of aromatic carboxylic acids is 1. The van der Waals surface area contributed by atoms with Gasteiger partial charge in [-0.25, -0.2) is 4.79 Å². The number of fused-ring (bicyclic) bond motifs is 1. The molecule has 0 spiro atoms. The molecule has 0 saturated carbocycles. The number of H-pyrrole nitrogens is 1. The highest BCUT2D eigenvalue weighted by Gasteiger charge is 2.26. The maximum absolute atomic E-state index is 12.5. The van der Waals surface area contributed by atoms with Gasteiger partial charge in [-0.15, -0.1) is 0 Å². The number of carboxylic acids is 1. The van der Waals surface area contributed by atoms with Gasteiger partial charge in [0.05, 0.1) is 16.8 Å². The van der Waals surface area contributed by atoms with E-state index in [4.69, 9.17) is 0 Å². The Morgan fingerprint density at radius 2 is 1.80 bits per heavy atom. The second-order valence-electron chi connectivity index (χ2n) is 7.06. The Labute approximate surface area is 172 Å². The summed E-state index contributed by atoms with van der Waals surface area (Å²) >= 11 is 0. The molecule has 0 aliphatic carbocycles. The number of aromatic nitrogens is 1. The molecule has 0 atom stereocenters. The van der Waals surface area contributed by atoms with Crippen molar-refractivity contribution in [3.05, 3.63) is 82.2 Å². The molecule has 2 heterocycles. The first-order chi connectivity index (χ1) is 14.3. The van der Waals surface area contributed by atoms with Crippen LogP contribution in [0.25, 0.3) is 11.6 Å². The number of aromatic amines is 1. The van der Waals surface area contributed by atoms with Crippen molar-refractivity contribution in [3.63, 3.8) is 0 Å². The molecule has 0 saturated heterocycles. The normalized spacial score (nSPS) is 13.8. The molecule has 1 aliphatic heterocycles. The van der Waals surface area contributed by atoms with Gasteiger partial charge < -0.3 is 20.7 Å². The van der Waals surface area contributed by atoms with Crippen LogP contribution in [-0.2, 0) is 4.79 Å². The van der Waals surface area contributed by atoms with Crippen LogP contribution in [0.5, 0.6) is 0 Å². The van der Waals surface area contributed by atoms with Gasteiger partial charge in [-0.3, -0.25) is 9.59 Å². The summed E-state index contributed by atoms with van der Waals surface area (Å²) in [6, 6.07) is 14.0. The van der Waals surface area contributed by atoms with E-state index >= 15 is 0 Å². The SMILES string of the molecule is Cc1[nH]c(/C=C2\C(=O)Nc3cc(NC(=O)c4ccccc4)ccc32)c(C)c1C(=O)O. The smallest absolute Gasteiger partial charge is 0.337 e. The summed E-state index contributed by atoms with van der Waals surface area (Å²) in [4.78, 5) is 39.3. The number of carbonyl (C=O) groups is 3. The first-order valence-corrected chi connectivity index (χ1v) is 9.31. The van der Waals surface area contributed by atoms with Gasteiger partial charge in [-0.1, -0.05) is 24.3 Å². The Balaban J connectivity index is 1.64. The zero-order valence-electron chi connectivity index (χ0n) is 16.4. The van der Waals surface area contributed by atoms with E-state index in [0.717, 1.165) is 0 Å². The number of amides is 2. The molecule has 4 rings (SSSR count). The zero-order valence-corrected chi connectivity index (χ0v) is 16.4. The molecule has 150 valence electrons. The predicted octanol–water partition coefficient (Wildman–Crippen LogP) is 4.07. The number of nitrogens with one attached hydrogen (secondary N) is 3. The summed E-state index contributed by atoms with van der Waals surface area (Å²) < 4.78 is 0. The van der Waals surface area contributed by atoms with E-state index in [-0.39, 0.29) is 17.4 Å². The van der Waals surface area contributed by atoms with E-state index in [1.54, 1.807) is 62.4 Å². The summed E-state index contributed by atoms with van der Waals surface area (Å²) in [7, 11) is 0. The van der Waals surface area contributed by atoms with Crippen molar-refractivity contribution in [1.82, 2.24) is 4.98 Å². The maximum atomic E-state index is 12.5. The largest absolute Gasteiger partial charge is 0.478 e. The van der Waals surface area contributed by atoms with Gasteiger partial charge in [0.1, 0.15) is 0 Å². The van der Waals surface area contributed by atoms with Crippen LogP contribution >= 0.6 is 0 Å². The monoisotopic (exact) mass is 401 g/mol. The van der Waals surface area contributed by atoms with Crippen LogP contribution in [0.2, 0.25) is 0 Å². The van der Waals surface area contributed by atoms with E-state index in [1.807, 2.05) is 6.07 Å². The molecule has 0 unspecified atom stereocenters. The first-order valence-electron chi connectivity index (χ1n) is 9.31. The molecule has 1 aromatic heterocycles. The second kappa shape index (κ2) is 7.36. The van der Waals surface area contributed by atoms with Gasteiger partial charge in [-0.2, -0.15) is 0 Å². The van der Waals surface area contributed by atoms with Crippen molar-refractivity contribution in [2.24, 2.45) is 0 Å². The standard InChI is InChI=1S/C23H19N3O4/c1-12-18(24-13(2)20(12)23(29)30)11-17-16-9-8-15(10-19(16)26-22(17)28)25-21(27)14-6-4-3-5-7-14/h3-11,24H,1-2H3,(H,25,27)(H,26,28)(H,29,30)/b17-11-. The average molecular weight is 401 g/mol. The molecule has 2 aromatic carbocycles. The summed E-state index contributed by atoms with van der Waals surface area (Å²) in [5.74, 6) is -1.55. The minimum Gasteiger partial charge on any atom is -0.478 e. The Bertz CT molecular complexity index is 1220. The fourth-order valence-electron chi connectivity index (χ4n) is 3.59. The van der Waals surface area contributed by atoms with E-state index in [9.17, 15) is 19.5 Å². The lowest BCUT2D eigenvalue weighted by atomic mass is 10.0. The Morgan fingerprint density at radius 3 is 2.47 bits per heavy atom. The third-order valence-electron chi connectivity index (χ3n) is 5.08.